The fourth-order valence-corrected chi connectivity index (χ4v) is 3.75. The predicted octanol–water partition coefficient (Wildman–Crippen LogP) is 3.99. The lowest BCUT2D eigenvalue weighted by atomic mass is 9.73. The van der Waals surface area contributed by atoms with Crippen LogP contribution < -0.4 is 5.32 Å². The van der Waals surface area contributed by atoms with Crippen LogP contribution >= 0.6 is 0 Å². The Labute approximate surface area is 118 Å². The number of nitrogens with zero attached hydrogens (tertiary/aromatic N) is 1. The van der Waals surface area contributed by atoms with Gasteiger partial charge in [-0.25, -0.2) is 0 Å². The molecule has 1 aliphatic rings. The van der Waals surface area contributed by atoms with Gasteiger partial charge in [-0.15, -0.1) is 0 Å². The molecule has 0 aromatic carbocycles. The second kappa shape index (κ2) is 6.04. The van der Waals surface area contributed by atoms with E-state index in [1.807, 2.05) is 12.3 Å². The molecule has 2 rings (SSSR count). The van der Waals surface area contributed by atoms with Gasteiger partial charge in [-0.3, -0.25) is 4.98 Å². The predicted molar refractivity (Wildman–Crippen MR) is 81.2 cm³/mol. The zero-order valence-electron chi connectivity index (χ0n) is 12.8. The molecule has 0 saturated heterocycles. The molecule has 1 aromatic rings. The van der Waals surface area contributed by atoms with Crippen LogP contribution in [0.4, 0.5) is 0 Å². The molecule has 0 aliphatic heterocycles. The molecule has 3 atom stereocenters. The molecule has 1 aliphatic carbocycles. The second-order valence-corrected chi connectivity index (χ2v) is 6.61. The summed E-state index contributed by atoms with van der Waals surface area (Å²) in [5.74, 6) is 1.23. The highest BCUT2D eigenvalue weighted by atomic mass is 14.9. The van der Waals surface area contributed by atoms with Gasteiger partial charge in [0.25, 0.3) is 0 Å². The van der Waals surface area contributed by atoms with E-state index in [0.29, 0.717) is 17.4 Å². The zero-order valence-corrected chi connectivity index (χ0v) is 12.8. The highest BCUT2D eigenvalue weighted by molar-refractivity contribution is 5.13. The Balaban J connectivity index is 2.20. The van der Waals surface area contributed by atoms with Gasteiger partial charge in [0.2, 0.25) is 0 Å². The van der Waals surface area contributed by atoms with Crippen molar-refractivity contribution in [3.63, 3.8) is 0 Å². The van der Waals surface area contributed by atoms with Crippen molar-refractivity contribution in [2.75, 3.05) is 6.54 Å². The van der Waals surface area contributed by atoms with E-state index in [4.69, 9.17) is 0 Å². The van der Waals surface area contributed by atoms with Crippen LogP contribution in [0.1, 0.15) is 58.6 Å². The number of rotatable bonds is 5. The minimum Gasteiger partial charge on any atom is -0.313 e. The van der Waals surface area contributed by atoms with Gasteiger partial charge in [0.15, 0.2) is 0 Å². The van der Waals surface area contributed by atoms with Crippen LogP contribution in [-0.2, 0) is 0 Å². The lowest BCUT2D eigenvalue weighted by molar-refractivity contribution is 0.181. The Bertz CT molecular complexity index is 386. The van der Waals surface area contributed by atoms with Crippen LogP contribution in [0, 0.1) is 11.3 Å². The largest absolute Gasteiger partial charge is 0.313 e. The van der Waals surface area contributed by atoms with Crippen LogP contribution in [0.15, 0.2) is 24.4 Å². The Morgan fingerprint density at radius 3 is 2.74 bits per heavy atom. The minimum absolute atomic E-state index is 0.454. The zero-order chi connectivity index (χ0) is 13.9. The van der Waals surface area contributed by atoms with Crippen molar-refractivity contribution in [3.8, 4) is 0 Å². The Morgan fingerprint density at radius 1 is 1.42 bits per heavy atom. The van der Waals surface area contributed by atoms with Gasteiger partial charge >= 0.3 is 0 Å². The van der Waals surface area contributed by atoms with Crippen molar-refractivity contribution in [3.05, 3.63) is 30.1 Å². The van der Waals surface area contributed by atoms with Crippen LogP contribution in [0.25, 0.3) is 0 Å². The molecule has 0 radical (unpaired) electrons. The highest BCUT2D eigenvalue weighted by Gasteiger charge is 2.41. The minimum atomic E-state index is 0.454. The first kappa shape index (κ1) is 14.5. The molecule has 2 heteroatoms. The molecule has 1 fully saturated rings. The summed E-state index contributed by atoms with van der Waals surface area (Å²) in [4.78, 5) is 4.56. The van der Waals surface area contributed by atoms with E-state index in [2.05, 4.69) is 50.1 Å². The number of pyridine rings is 1. The molecule has 0 bridgehead atoms. The summed E-state index contributed by atoms with van der Waals surface area (Å²) in [6.07, 6.45) is 5.99. The average Bonchev–Trinajstić information content (AvgIpc) is 2.76. The fourth-order valence-electron chi connectivity index (χ4n) is 3.75. The lowest BCUT2D eigenvalue weighted by Gasteiger charge is -2.38. The molecule has 106 valence electrons. The molecule has 0 amide bonds. The SMILES string of the molecule is CCNC(C(C)c1ccccn1)C1CCCC1(C)C. The van der Waals surface area contributed by atoms with Gasteiger partial charge in [-0.1, -0.05) is 40.2 Å². The van der Waals surface area contributed by atoms with Crippen molar-refractivity contribution in [2.45, 2.75) is 58.9 Å². The molecule has 1 saturated carbocycles. The standard InChI is InChI=1S/C17H28N2/c1-5-18-16(14-9-8-11-17(14,3)4)13(2)15-10-6-7-12-19-15/h6-7,10,12-14,16,18H,5,8-9,11H2,1-4H3. The van der Waals surface area contributed by atoms with Crippen molar-refractivity contribution >= 4 is 0 Å². The number of nitrogens with one attached hydrogen (secondary N) is 1. The van der Waals surface area contributed by atoms with E-state index in [-0.39, 0.29) is 0 Å². The molecule has 0 spiro atoms. The van der Waals surface area contributed by atoms with Gasteiger partial charge in [0.05, 0.1) is 0 Å². The molecule has 1 aromatic heterocycles. The maximum Gasteiger partial charge on any atom is 0.0447 e. The molecule has 3 unspecified atom stereocenters. The van der Waals surface area contributed by atoms with E-state index in [9.17, 15) is 0 Å². The summed E-state index contributed by atoms with van der Waals surface area (Å²) >= 11 is 0. The summed E-state index contributed by atoms with van der Waals surface area (Å²) in [6.45, 7) is 10.4. The van der Waals surface area contributed by atoms with Gasteiger partial charge in [0, 0.05) is 23.9 Å². The average molecular weight is 260 g/mol. The van der Waals surface area contributed by atoms with Crippen molar-refractivity contribution in [1.82, 2.24) is 10.3 Å². The third-order valence-corrected chi connectivity index (χ3v) is 4.91. The fraction of sp³-hybridized carbons (Fsp3) is 0.706. The Morgan fingerprint density at radius 2 is 2.21 bits per heavy atom. The van der Waals surface area contributed by atoms with Crippen LogP contribution in [-0.4, -0.2) is 17.6 Å². The molecular weight excluding hydrogens is 232 g/mol. The van der Waals surface area contributed by atoms with Crippen molar-refractivity contribution in [2.24, 2.45) is 11.3 Å². The van der Waals surface area contributed by atoms with E-state index in [1.165, 1.54) is 25.0 Å². The number of hydrogen-bond donors (Lipinski definition) is 1. The summed E-state index contributed by atoms with van der Waals surface area (Å²) in [6, 6.07) is 6.80. The molecule has 2 nitrogen and oxygen atoms in total. The Hall–Kier alpha value is -0.890. The quantitative estimate of drug-likeness (QED) is 0.866. The van der Waals surface area contributed by atoms with Gasteiger partial charge in [0.1, 0.15) is 0 Å². The molecule has 1 heterocycles. The summed E-state index contributed by atoms with van der Waals surface area (Å²) in [5, 5.41) is 3.74. The van der Waals surface area contributed by atoms with E-state index >= 15 is 0 Å². The van der Waals surface area contributed by atoms with E-state index < -0.39 is 0 Å². The topological polar surface area (TPSA) is 24.9 Å². The monoisotopic (exact) mass is 260 g/mol. The number of hydrogen-bond acceptors (Lipinski definition) is 2. The summed E-state index contributed by atoms with van der Waals surface area (Å²) in [7, 11) is 0. The first-order valence-electron chi connectivity index (χ1n) is 7.70. The maximum absolute atomic E-state index is 4.56. The summed E-state index contributed by atoms with van der Waals surface area (Å²) < 4.78 is 0. The normalized spacial score (nSPS) is 25.2. The number of aromatic nitrogens is 1. The maximum atomic E-state index is 4.56. The van der Waals surface area contributed by atoms with Crippen molar-refractivity contribution < 1.29 is 0 Å². The third kappa shape index (κ3) is 3.17. The molecule has 1 N–H and O–H groups in total. The first-order valence-corrected chi connectivity index (χ1v) is 7.70. The van der Waals surface area contributed by atoms with Crippen LogP contribution in [0.3, 0.4) is 0 Å². The molecule has 19 heavy (non-hydrogen) atoms. The second-order valence-electron chi connectivity index (χ2n) is 6.61. The van der Waals surface area contributed by atoms with Gasteiger partial charge < -0.3 is 5.32 Å². The molecular formula is C17H28N2. The van der Waals surface area contributed by atoms with Crippen molar-refractivity contribution in [1.29, 1.82) is 0 Å². The van der Waals surface area contributed by atoms with Gasteiger partial charge in [-0.05, 0) is 42.9 Å². The third-order valence-electron chi connectivity index (χ3n) is 4.91. The first-order chi connectivity index (χ1) is 9.06. The van der Waals surface area contributed by atoms with Gasteiger partial charge in [-0.2, -0.15) is 0 Å². The highest BCUT2D eigenvalue weighted by Crippen LogP contribution is 2.46. The Kier molecular flexibility index (Phi) is 4.62. The van der Waals surface area contributed by atoms with E-state index in [1.54, 1.807) is 0 Å². The smallest absolute Gasteiger partial charge is 0.0447 e. The lowest BCUT2D eigenvalue weighted by Crippen LogP contribution is -2.44. The summed E-state index contributed by atoms with van der Waals surface area (Å²) in [5.41, 5.74) is 1.67. The van der Waals surface area contributed by atoms with Crippen LogP contribution in [0.2, 0.25) is 0 Å². The number of likely N-dealkylation sites (N-methyl/N-ethyl adjacent to an activating group) is 1. The van der Waals surface area contributed by atoms with E-state index in [0.717, 1.165) is 12.5 Å². The van der Waals surface area contributed by atoms with Crippen LogP contribution in [0.5, 0.6) is 0 Å².